The standard InChI is InChI=1S/C11H20ClN3/c1-4-15-11(7-10(3)14-15)8-13-9(2)5-6-12/h7,9,13H,4-6,8H2,1-3H3. The number of hydrogen-bond donors (Lipinski definition) is 1. The van der Waals surface area contributed by atoms with E-state index in [1.54, 1.807) is 0 Å². The number of hydrogen-bond acceptors (Lipinski definition) is 2. The molecule has 15 heavy (non-hydrogen) atoms. The maximum absolute atomic E-state index is 5.68. The van der Waals surface area contributed by atoms with Crippen LogP contribution in [0.2, 0.25) is 0 Å². The largest absolute Gasteiger partial charge is 0.309 e. The van der Waals surface area contributed by atoms with Gasteiger partial charge in [0.15, 0.2) is 0 Å². The molecule has 0 aromatic carbocycles. The Bertz CT molecular complexity index is 296. The van der Waals surface area contributed by atoms with Crippen molar-refractivity contribution in [3.05, 3.63) is 17.5 Å². The van der Waals surface area contributed by atoms with Crippen LogP contribution in [0.4, 0.5) is 0 Å². The summed E-state index contributed by atoms with van der Waals surface area (Å²) in [6.07, 6.45) is 1.00. The highest BCUT2D eigenvalue weighted by Gasteiger charge is 2.05. The van der Waals surface area contributed by atoms with Gasteiger partial charge in [-0.1, -0.05) is 0 Å². The van der Waals surface area contributed by atoms with Crippen molar-refractivity contribution in [2.75, 3.05) is 5.88 Å². The van der Waals surface area contributed by atoms with Gasteiger partial charge in [0.25, 0.3) is 0 Å². The minimum Gasteiger partial charge on any atom is -0.309 e. The summed E-state index contributed by atoms with van der Waals surface area (Å²) in [6, 6.07) is 2.59. The lowest BCUT2D eigenvalue weighted by Gasteiger charge is -2.12. The van der Waals surface area contributed by atoms with Crippen molar-refractivity contribution >= 4 is 11.6 Å². The number of alkyl halides is 1. The maximum atomic E-state index is 5.68. The van der Waals surface area contributed by atoms with Crippen molar-refractivity contribution in [1.29, 1.82) is 0 Å². The second-order valence-electron chi connectivity index (χ2n) is 3.85. The van der Waals surface area contributed by atoms with Gasteiger partial charge >= 0.3 is 0 Å². The highest BCUT2D eigenvalue weighted by atomic mass is 35.5. The second-order valence-corrected chi connectivity index (χ2v) is 4.23. The third kappa shape index (κ3) is 3.84. The molecule has 1 N–H and O–H groups in total. The van der Waals surface area contributed by atoms with E-state index in [2.05, 4.69) is 30.3 Å². The van der Waals surface area contributed by atoms with E-state index in [1.165, 1.54) is 5.69 Å². The van der Waals surface area contributed by atoms with Gasteiger partial charge in [-0.25, -0.2) is 0 Å². The molecule has 0 saturated heterocycles. The van der Waals surface area contributed by atoms with Gasteiger partial charge in [-0.3, -0.25) is 4.68 Å². The van der Waals surface area contributed by atoms with Crippen LogP contribution in [-0.4, -0.2) is 21.7 Å². The maximum Gasteiger partial charge on any atom is 0.0597 e. The molecule has 4 heteroatoms. The average Bonchev–Trinajstić information content (AvgIpc) is 2.56. The molecule has 0 aliphatic carbocycles. The summed E-state index contributed by atoms with van der Waals surface area (Å²) in [5, 5.41) is 7.85. The van der Waals surface area contributed by atoms with Crippen molar-refractivity contribution in [3.63, 3.8) is 0 Å². The van der Waals surface area contributed by atoms with Crippen LogP contribution in [-0.2, 0) is 13.1 Å². The first-order valence-electron chi connectivity index (χ1n) is 5.50. The number of rotatable bonds is 6. The Kier molecular flexibility index (Phi) is 5.12. The first-order chi connectivity index (χ1) is 7.17. The zero-order valence-corrected chi connectivity index (χ0v) is 10.5. The van der Waals surface area contributed by atoms with Gasteiger partial charge in [0.1, 0.15) is 0 Å². The fraction of sp³-hybridized carbons (Fsp3) is 0.727. The molecule has 1 aromatic rings. The quantitative estimate of drug-likeness (QED) is 0.759. The lowest BCUT2D eigenvalue weighted by Crippen LogP contribution is -2.27. The van der Waals surface area contributed by atoms with Crippen molar-refractivity contribution in [1.82, 2.24) is 15.1 Å². The smallest absolute Gasteiger partial charge is 0.0597 e. The number of aryl methyl sites for hydroxylation is 2. The number of nitrogens with one attached hydrogen (secondary N) is 1. The first-order valence-corrected chi connectivity index (χ1v) is 6.03. The van der Waals surface area contributed by atoms with Crippen molar-refractivity contribution in [2.45, 2.75) is 46.3 Å². The van der Waals surface area contributed by atoms with Crippen molar-refractivity contribution in [2.24, 2.45) is 0 Å². The van der Waals surface area contributed by atoms with Crippen LogP contribution in [0.3, 0.4) is 0 Å². The highest BCUT2D eigenvalue weighted by molar-refractivity contribution is 6.17. The Morgan fingerprint density at radius 2 is 2.33 bits per heavy atom. The third-order valence-electron chi connectivity index (χ3n) is 2.46. The molecule has 1 heterocycles. The SMILES string of the molecule is CCn1nc(C)cc1CNC(C)CCCl. The predicted octanol–water partition coefficient (Wildman–Crippen LogP) is 2.32. The Morgan fingerprint density at radius 1 is 1.60 bits per heavy atom. The summed E-state index contributed by atoms with van der Waals surface area (Å²) in [7, 11) is 0. The Balaban J connectivity index is 2.49. The molecule has 1 rings (SSSR count). The van der Waals surface area contributed by atoms with Crippen LogP contribution in [0, 0.1) is 6.92 Å². The third-order valence-corrected chi connectivity index (χ3v) is 2.68. The molecule has 86 valence electrons. The molecule has 0 fully saturated rings. The first kappa shape index (κ1) is 12.5. The fourth-order valence-electron chi connectivity index (χ4n) is 1.56. The van der Waals surface area contributed by atoms with E-state index in [1.807, 2.05) is 11.6 Å². The molecule has 1 unspecified atom stereocenters. The summed E-state index contributed by atoms with van der Waals surface area (Å²) in [4.78, 5) is 0. The predicted molar refractivity (Wildman–Crippen MR) is 64.3 cm³/mol. The molecule has 0 spiro atoms. The number of halogens is 1. The summed E-state index contributed by atoms with van der Waals surface area (Å²) in [5.74, 6) is 0.709. The highest BCUT2D eigenvalue weighted by Crippen LogP contribution is 2.04. The van der Waals surface area contributed by atoms with Gasteiger partial charge in [-0.2, -0.15) is 5.10 Å². The van der Waals surface area contributed by atoms with Crippen LogP contribution < -0.4 is 5.32 Å². The van der Waals surface area contributed by atoms with E-state index >= 15 is 0 Å². The van der Waals surface area contributed by atoms with Crippen LogP contribution in [0.1, 0.15) is 31.7 Å². The van der Waals surface area contributed by atoms with E-state index in [4.69, 9.17) is 11.6 Å². The zero-order chi connectivity index (χ0) is 11.3. The van der Waals surface area contributed by atoms with Gasteiger partial charge in [0.2, 0.25) is 0 Å². The van der Waals surface area contributed by atoms with Gasteiger partial charge in [-0.15, -0.1) is 11.6 Å². The summed E-state index contributed by atoms with van der Waals surface area (Å²) in [5.41, 5.74) is 2.33. The topological polar surface area (TPSA) is 29.9 Å². The van der Waals surface area contributed by atoms with Gasteiger partial charge in [0, 0.05) is 25.0 Å². The zero-order valence-electron chi connectivity index (χ0n) is 9.76. The van der Waals surface area contributed by atoms with E-state index < -0.39 is 0 Å². The van der Waals surface area contributed by atoms with Crippen molar-refractivity contribution in [3.8, 4) is 0 Å². The van der Waals surface area contributed by atoms with E-state index in [9.17, 15) is 0 Å². The molecular weight excluding hydrogens is 210 g/mol. The molecule has 0 radical (unpaired) electrons. The second kappa shape index (κ2) is 6.13. The van der Waals surface area contributed by atoms with Crippen LogP contribution in [0.5, 0.6) is 0 Å². The van der Waals surface area contributed by atoms with Crippen molar-refractivity contribution < 1.29 is 0 Å². The number of aromatic nitrogens is 2. The average molecular weight is 230 g/mol. The molecule has 1 aromatic heterocycles. The molecule has 0 amide bonds. The van der Waals surface area contributed by atoms with Crippen LogP contribution >= 0.6 is 11.6 Å². The minimum absolute atomic E-state index is 0.461. The molecule has 3 nitrogen and oxygen atoms in total. The summed E-state index contributed by atoms with van der Waals surface area (Å²) >= 11 is 5.68. The van der Waals surface area contributed by atoms with Gasteiger partial charge in [0.05, 0.1) is 11.4 Å². The van der Waals surface area contributed by atoms with E-state index in [0.717, 1.165) is 25.2 Å². The van der Waals surface area contributed by atoms with E-state index in [-0.39, 0.29) is 0 Å². The molecule has 0 bridgehead atoms. The normalized spacial score (nSPS) is 13.1. The Morgan fingerprint density at radius 3 is 2.93 bits per heavy atom. The van der Waals surface area contributed by atoms with Crippen LogP contribution in [0.15, 0.2) is 6.07 Å². The summed E-state index contributed by atoms with van der Waals surface area (Å²) < 4.78 is 2.04. The minimum atomic E-state index is 0.461. The molecule has 1 atom stereocenters. The molecular formula is C11H20ClN3. The Hall–Kier alpha value is -0.540. The van der Waals surface area contributed by atoms with Crippen LogP contribution in [0.25, 0.3) is 0 Å². The molecule has 0 aliphatic rings. The number of nitrogens with zero attached hydrogens (tertiary/aromatic N) is 2. The Labute approximate surface area is 96.8 Å². The summed E-state index contributed by atoms with van der Waals surface area (Å²) in [6.45, 7) is 8.08. The van der Waals surface area contributed by atoms with Gasteiger partial charge in [-0.05, 0) is 33.3 Å². The monoisotopic (exact) mass is 229 g/mol. The molecule has 0 aliphatic heterocycles. The van der Waals surface area contributed by atoms with E-state index in [0.29, 0.717) is 11.9 Å². The lowest BCUT2D eigenvalue weighted by atomic mass is 10.2. The lowest BCUT2D eigenvalue weighted by molar-refractivity contribution is 0.507. The fourth-order valence-corrected chi connectivity index (χ4v) is 1.89. The molecule has 0 saturated carbocycles. The van der Waals surface area contributed by atoms with Gasteiger partial charge < -0.3 is 5.32 Å².